The number of ketones is 1. The van der Waals surface area contributed by atoms with Gasteiger partial charge in [-0.15, -0.1) is 0 Å². The molecule has 0 unspecified atom stereocenters. The SMILES string of the molecule is O=C1CC(c2cccc(Br)c2)=Nc2ccc(CC(=O)Oc3ccccc3)cc2C1. The summed E-state index contributed by atoms with van der Waals surface area (Å²) in [5.41, 5.74) is 4.09. The lowest BCUT2D eigenvalue weighted by Gasteiger charge is -2.08. The first-order valence-corrected chi connectivity index (χ1v) is 10.1. The van der Waals surface area contributed by atoms with Crippen LogP contribution in [0.2, 0.25) is 0 Å². The molecule has 1 aliphatic heterocycles. The van der Waals surface area contributed by atoms with E-state index >= 15 is 0 Å². The van der Waals surface area contributed by atoms with Crippen LogP contribution in [0.4, 0.5) is 5.69 Å². The minimum absolute atomic E-state index is 0.103. The molecule has 144 valence electrons. The second-order valence-electron chi connectivity index (χ2n) is 6.89. The predicted molar refractivity (Wildman–Crippen MR) is 116 cm³/mol. The number of rotatable bonds is 4. The summed E-state index contributed by atoms with van der Waals surface area (Å²) in [5, 5.41) is 0. The van der Waals surface area contributed by atoms with E-state index in [2.05, 4.69) is 15.9 Å². The minimum Gasteiger partial charge on any atom is -0.426 e. The summed E-state index contributed by atoms with van der Waals surface area (Å²) < 4.78 is 6.30. The van der Waals surface area contributed by atoms with E-state index in [1.54, 1.807) is 12.1 Å². The number of benzene rings is 3. The molecule has 0 spiro atoms. The van der Waals surface area contributed by atoms with Gasteiger partial charge in [-0.05, 0) is 47.0 Å². The van der Waals surface area contributed by atoms with E-state index in [-0.39, 0.29) is 24.6 Å². The van der Waals surface area contributed by atoms with Crippen molar-refractivity contribution in [2.24, 2.45) is 4.99 Å². The van der Waals surface area contributed by atoms with Crippen molar-refractivity contribution >= 4 is 39.1 Å². The zero-order valence-corrected chi connectivity index (χ0v) is 17.2. The van der Waals surface area contributed by atoms with Crippen molar-refractivity contribution in [3.05, 3.63) is 94.0 Å². The number of esters is 1. The molecule has 0 N–H and O–H groups in total. The molecule has 0 fully saturated rings. The number of hydrogen-bond acceptors (Lipinski definition) is 4. The molecule has 3 aromatic rings. The van der Waals surface area contributed by atoms with Gasteiger partial charge in [0.15, 0.2) is 0 Å². The zero-order valence-electron chi connectivity index (χ0n) is 15.6. The minimum atomic E-state index is -0.338. The summed E-state index contributed by atoms with van der Waals surface area (Å²) >= 11 is 3.47. The van der Waals surface area contributed by atoms with Gasteiger partial charge in [-0.25, -0.2) is 0 Å². The molecule has 0 aromatic heterocycles. The van der Waals surface area contributed by atoms with Crippen molar-refractivity contribution in [3.8, 4) is 5.75 Å². The number of nitrogens with zero attached hydrogens (tertiary/aromatic N) is 1. The van der Waals surface area contributed by atoms with Crippen LogP contribution >= 0.6 is 15.9 Å². The normalized spacial score (nSPS) is 13.3. The molecular weight excluding hydrogens is 430 g/mol. The Bertz CT molecular complexity index is 1110. The molecule has 1 heterocycles. The number of hydrogen-bond donors (Lipinski definition) is 0. The average molecular weight is 448 g/mol. The van der Waals surface area contributed by atoms with E-state index in [4.69, 9.17) is 9.73 Å². The van der Waals surface area contributed by atoms with Crippen LogP contribution in [0.25, 0.3) is 0 Å². The van der Waals surface area contributed by atoms with Gasteiger partial charge >= 0.3 is 5.97 Å². The van der Waals surface area contributed by atoms with E-state index in [0.29, 0.717) is 12.2 Å². The van der Waals surface area contributed by atoms with Crippen molar-refractivity contribution in [1.29, 1.82) is 0 Å². The highest BCUT2D eigenvalue weighted by Gasteiger charge is 2.19. The molecule has 0 atom stereocenters. The number of para-hydroxylation sites is 1. The standard InChI is InChI=1S/C24H18BrNO3/c25-19-6-4-5-17(13-19)23-15-20(27)14-18-11-16(9-10-22(18)26-23)12-24(28)29-21-7-2-1-3-8-21/h1-11,13H,12,14-15H2. The average Bonchev–Trinajstić information content (AvgIpc) is 2.86. The Morgan fingerprint density at radius 3 is 2.59 bits per heavy atom. The fraction of sp³-hybridized carbons (Fsp3) is 0.125. The Hall–Kier alpha value is -3.05. The fourth-order valence-electron chi connectivity index (χ4n) is 3.30. The van der Waals surface area contributed by atoms with Crippen LogP contribution in [0.3, 0.4) is 0 Å². The molecule has 0 amide bonds. The van der Waals surface area contributed by atoms with Crippen molar-refractivity contribution in [3.63, 3.8) is 0 Å². The molecular formula is C24H18BrNO3. The second kappa shape index (κ2) is 8.53. The quantitative estimate of drug-likeness (QED) is 0.406. The monoisotopic (exact) mass is 447 g/mol. The van der Waals surface area contributed by atoms with Crippen LogP contribution < -0.4 is 4.74 Å². The summed E-state index contributed by atoms with van der Waals surface area (Å²) in [7, 11) is 0. The van der Waals surface area contributed by atoms with Crippen LogP contribution in [-0.4, -0.2) is 17.5 Å². The number of carbonyl (C=O) groups excluding carboxylic acids is 2. The van der Waals surface area contributed by atoms with Gasteiger partial charge in [0.2, 0.25) is 0 Å². The summed E-state index contributed by atoms with van der Waals surface area (Å²) in [4.78, 5) is 29.5. The first-order valence-electron chi connectivity index (χ1n) is 9.29. The Morgan fingerprint density at radius 1 is 0.966 bits per heavy atom. The van der Waals surface area contributed by atoms with Crippen molar-refractivity contribution in [2.75, 3.05) is 0 Å². The lowest BCUT2D eigenvalue weighted by Crippen LogP contribution is -2.11. The Labute approximate surface area is 177 Å². The number of aliphatic imine (C=N–C) groups is 1. The number of fused-ring (bicyclic) bond motifs is 1. The summed E-state index contributed by atoms with van der Waals surface area (Å²) in [6.07, 6.45) is 0.729. The van der Waals surface area contributed by atoms with Crippen LogP contribution in [-0.2, 0) is 22.4 Å². The molecule has 0 saturated carbocycles. The van der Waals surface area contributed by atoms with Gasteiger partial charge in [-0.3, -0.25) is 14.6 Å². The lowest BCUT2D eigenvalue weighted by atomic mass is 10.0. The van der Waals surface area contributed by atoms with Crippen molar-refractivity contribution in [2.45, 2.75) is 19.3 Å². The van der Waals surface area contributed by atoms with Gasteiger partial charge in [0, 0.05) is 17.3 Å². The van der Waals surface area contributed by atoms with E-state index in [1.165, 1.54) is 0 Å². The number of halogens is 1. The number of Topliss-reactive ketones (excluding diaryl/α,β-unsaturated/α-hetero) is 1. The number of ether oxygens (including phenoxy) is 1. The highest BCUT2D eigenvalue weighted by Crippen LogP contribution is 2.28. The maximum absolute atomic E-state index is 12.5. The topological polar surface area (TPSA) is 55.7 Å². The molecule has 5 heteroatoms. The van der Waals surface area contributed by atoms with Crippen molar-refractivity contribution in [1.82, 2.24) is 0 Å². The smallest absolute Gasteiger partial charge is 0.315 e. The van der Waals surface area contributed by atoms with Crippen LogP contribution in [0, 0.1) is 0 Å². The Morgan fingerprint density at radius 2 is 1.79 bits per heavy atom. The molecule has 4 nitrogen and oxygen atoms in total. The molecule has 0 radical (unpaired) electrons. The summed E-state index contributed by atoms with van der Waals surface area (Å²) in [5.74, 6) is 0.284. The second-order valence-corrected chi connectivity index (χ2v) is 7.80. The van der Waals surface area contributed by atoms with Gasteiger partial charge < -0.3 is 4.74 Å². The van der Waals surface area contributed by atoms with E-state index in [0.717, 1.165) is 32.6 Å². The first-order chi connectivity index (χ1) is 14.1. The van der Waals surface area contributed by atoms with Gasteiger partial charge in [-0.2, -0.15) is 0 Å². The van der Waals surface area contributed by atoms with Crippen LogP contribution in [0.5, 0.6) is 5.75 Å². The molecule has 4 rings (SSSR count). The van der Waals surface area contributed by atoms with Gasteiger partial charge in [0.1, 0.15) is 11.5 Å². The molecule has 29 heavy (non-hydrogen) atoms. The summed E-state index contributed by atoms with van der Waals surface area (Å²) in [6, 6.07) is 22.4. The van der Waals surface area contributed by atoms with E-state index in [9.17, 15) is 9.59 Å². The largest absolute Gasteiger partial charge is 0.426 e. The third-order valence-corrected chi connectivity index (χ3v) is 5.13. The maximum atomic E-state index is 12.5. The van der Waals surface area contributed by atoms with E-state index < -0.39 is 0 Å². The maximum Gasteiger partial charge on any atom is 0.315 e. The number of carbonyl (C=O) groups is 2. The summed E-state index contributed by atoms with van der Waals surface area (Å²) in [6.45, 7) is 0. The zero-order chi connectivity index (χ0) is 20.2. The molecule has 0 aliphatic carbocycles. The Kier molecular flexibility index (Phi) is 5.67. The highest BCUT2D eigenvalue weighted by molar-refractivity contribution is 9.10. The third-order valence-electron chi connectivity index (χ3n) is 4.63. The highest BCUT2D eigenvalue weighted by atomic mass is 79.9. The van der Waals surface area contributed by atoms with Crippen molar-refractivity contribution < 1.29 is 14.3 Å². The molecule has 1 aliphatic rings. The molecule has 0 bridgehead atoms. The predicted octanol–water partition coefficient (Wildman–Crippen LogP) is 5.23. The van der Waals surface area contributed by atoms with Crippen LogP contribution in [0.1, 0.15) is 23.1 Å². The van der Waals surface area contributed by atoms with Gasteiger partial charge in [0.25, 0.3) is 0 Å². The fourth-order valence-corrected chi connectivity index (χ4v) is 3.70. The molecule has 3 aromatic carbocycles. The van der Waals surface area contributed by atoms with Crippen LogP contribution in [0.15, 0.2) is 82.3 Å². The van der Waals surface area contributed by atoms with Gasteiger partial charge in [-0.1, -0.05) is 58.4 Å². The first kappa shape index (κ1) is 19.3. The molecule has 0 saturated heterocycles. The Balaban J connectivity index is 1.57. The third kappa shape index (κ3) is 4.87. The van der Waals surface area contributed by atoms with E-state index in [1.807, 2.05) is 60.7 Å². The van der Waals surface area contributed by atoms with Gasteiger partial charge in [0.05, 0.1) is 17.8 Å². The lowest BCUT2D eigenvalue weighted by molar-refractivity contribution is -0.133.